The fraction of sp³-hybridized carbons (Fsp3) is 0.350. The van der Waals surface area contributed by atoms with Gasteiger partial charge in [0.1, 0.15) is 17.1 Å². The van der Waals surface area contributed by atoms with Gasteiger partial charge in [-0.1, -0.05) is 31.2 Å². The first-order chi connectivity index (χ1) is 13.1. The van der Waals surface area contributed by atoms with Gasteiger partial charge in [0, 0.05) is 28.9 Å². The maximum absolute atomic E-state index is 13.3. The van der Waals surface area contributed by atoms with E-state index in [1.54, 1.807) is 24.3 Å². The number of amides is 1. The molecule has 0 heterocycles. The molecule has 0 unspecified atom stereocenters. The number of benzene rings is 1. The zero-order valence-electron chi connectivity index (χ0n) is 14.9. The van der Waals surface area contributed by atoms with E-state index in [-0.39, 0.29) is 12.0 Å². The van der Waals surface area contributed by atoms with Crippen LogP contribution in [0.5, 0.6) is 0 Å². The quantitative estimate of drug-likeness (QED) is 0.423. The van der Waals surface area contributed by atoms with Gasteiger partial charge in [-0.25, -0.2) is 0 Å². The van der Waals surface area contributed by atoms with Gasteiger partial charge >= 0.3 is 0 Å². The molecule has 0 saturated heterocycles. The fourth-order valence-electron chi connectivity index (χ4n) is 4.87. The van der Waals surface area contributed by atoms with E-state index in [1.165, 1.54) is 6.92 Å². The molecular formula is C20H19NO7. The van der Waals surface area contributed by atoms with Crippen LogP contribution in [-0.4, -0.2) is 49.6 Å². The number of Topliss-reactive ketones (excluding diaryl/α,β-unsaturated/α-hetero) is 2. The predicted molar refractivity (Wildman–Crippen MR) is 95.7 cm³/mol. The van der Waals surface area contributed by atoms with Crippen molar-refractivity contribution in [3.05, 3.63) is 52.3 Å². The van der Waals surface area contributed by atoms with Gasteiger partial charge in [0.25, 0.3) is 5.91 Å². The third-order valence-corrected chi connectivity index (χ3v) is 6.23. The summed E-state index contributed by atoms with van der Waals surface area (Å²) in [5.41, 5.74) is 2.43. The third-order valence-electron chi connectivity index (χ3n) is 6.23. The monoisotopic (exact) mass is 385 g/mol. The van der Waals surface area contributed by atoms with Crippen molar-refractivity contribution in [1.29, 1.82) is 0 Å². The second kappa shape index (κ2) is 5.76. The minimum absolute atomic E-state index is 0.211. The van der Waals surface area contributed by atoms with Crippen LogP contribution in [0.4, 0.5) is 0 Å². The van der Waals surface area contributed by atoms with Crippen LogP contribution in [0.3, 0.4) is 0 Å². The Bertz CT molecular complexity index is 1010. The average Bonchev–Trinajstić information content (AvgIpc) is 2.65. The van der Waals surface area contributed by atoms with Gasteiger partial charge in [-0.2, -0.15) is 0 Å². The highest BCUT2D eigenvalue weighted by atomic mass is 16.4. The first-order valence-electron chi connectivity index (χ1n) is 8.86. The van der Waals surface area contributed by atoms with Gasteiger partial charge in [0.05, 0.1) is 6.10 Å². The number of nitrogens with two attached hydrogens (primary N) is 1. The summed E-state index contributed by atoms with van der Waals surface area (Å²) in [5.74, 6) is -8.15. The standard InChI is InChI=1S/C20H19NO7/c1-7-13-16(24)10-6-8-4-2-3-5-9(8)15(23)11(10)17(25)20(13,28)18(26)12(14(7)22)19(21)27/h2-5,7,10,13,16,23-24,26,28H,6H2,1H3,(H2,21,27)/t7-,10+,13+,16-,20-/m0/s1. The van der Waals surface area contributed by atoms with Gasteiger partial charge in [-0.05, 0) is 12.0 Å². The molecule has 0 spiro atoms. The number of aliphatic hydroxyl groups excluding tert-OH is 3. The van der Waals surface area contributed by atoms with E-state index < -0.39 is 64.0 Å². The van der Waals surface area contributed by atoms with Crippen LogP contribution < -0.4 is 5.73 Å². The molecule has 1 aromatic carbocycles. The molecule has 4 rings (SSSR count). The summed E-state index contributed by atoms with van der Waals surface area (Å²) in [6, 6.07) is 6.77. The number of aliphatic hydroxyl groups is 4. The summed E-state index contributed by atoms with van der Waals surface area (Å²) >= 11 is 0. The predicted octanol–water partition coefficient (Wildman–Crippen LogP) is -0.0649. The first-order valence-corrected chi connectivity index (χ1v) is 8.86. The van der Waals surface area contributed by atoms with Crippen molar-refractivity contribution in [2.75, 3.05) is 0 Å². The molecule has 1 saturated carbocycles. The summed E-state index contributed by atoms with van der Waals surface area (Å²) in [7, 11) is 0. The number of hydrogen-bond donors (Lipinski definition) is 5. The molecule has 28 heavy (non-hydrogen) atoms. The van der Waals surface area contributed by atoms with Crippen LogP contribution in [0.15, 0.2) is 41.2 Å². The van der Waals surface area contributed by atoms with E-state index >= 15 is 0 Å². The highest BCUT2D eigenvalue weighted by Gasteiger charge is 2.65. The normalized spacial score (nSPS) is 34.7. The van der Waals surface area contributed by atoms with Crippen molar-refractivity contribution in [3.8, 4) is 0 Å². The summed E-state index contributed by atoms with van der Waals surface area (Å²) in [5, 5.41) is 43.4. The minimum atomic E-state index is -2.73. The molecule has 0 aliphatic heterocycles. The van der Waals surface area contributed by atoms with E-state index in [1.807, 2.05) is 0 Å². The molecule has 6 N–H and O–H groups in total. The lowest BCUT2D eigenvalue weighted by Gasteiger charge is -2.50. The largest absolute Gasteiger partial charge is 0.508 e. The smallest absolute Gasteiger partial charge is 0.255 e. The van der Waals surface area contributed by atoms with Crippen molar-refractivity contribution in [1.82, 2.24) is 0 Å². The van der Waals surface area contributed by atoms with Crippen LogP contribution in [0.25, 0.3) is 5.76 Å². The highest BCUT2D eigenvalue weighted by Crippen LogP contribution is 2.52. The van der Waals surface area contributed by atoms with Crippen LogP contribution in [0, 0.1) is 17.8 Å². The van der Waals surface area contributed by atoms with Crippen LogP contribution in [-0.2, 0) is 20.8 Å². The molecule has 0 radical (unpaired) electrons. The average molecular weight is 385 g/mol. The van der Waals surface area contributed by atoms with E-state index in [9.17, 15) is 34.8 Å². The Morgan fingerprint density at radius 1 is 1.21 bits per heavy atom. The maximum atomic E-state index is 13.3. The second-order valence-corrected chi connectivity index (χ2v) is 7.58. The van der Waals surface area contributed by atoms with Gasteiger partial charge in [0.15, 0.2) is 11.4 Å². The van der Waals surface area contributed by atoms with E-state index in [4.69, 9.17) is 5.73 Å². The lowest BCUT2D eigenvalue weighted by molar-refractivity contribution is -0.166. The summed E-state index contributed by atoms with van der Waals surface area (Å²) < 4.78 is 0. The molecular weight excluding hydrogens is 366 g/mol. The Kier molecular flexibility index (Phi) is 3.79. The summed E-state index contributed by atoms with van der Waals surface area (Å²) in [4.78, 5) is 37.5. The van der Waals surface area contributed by atoms with Crippen LogP contribution in [0.2, 0.25) is 0 Å². The van der Waals surface area contributed by atoms with Gasteiger partial charge in [0.2, 0.25) is 5.78 Å². The SMILES string of the molecule is C[C@@H]1C(=O)C(C(N)=O)=C(O)[C@@]2(O)C(=O)C3=C(O)c4ccccc4C[C@H]3[C@H](O)[C@@H]12. The number of primary amides is 1. The van der Waals surface area contributed by atoms with Crippen molar-refractivity contribution >= 4 is 23.2 Å². The molecule has 8 nitrogen and oxygen atoms in total. The second-order valence-electron chi connectivity index (χ2n) is 7.58. The maximum Gasteiger partial charge on any atom is 0.255 e. The lowest BCUT2D eigenvalue weighted by Crippen LogP contribution is -2.66. The van der Waals surface area contributed by atoms with E-state index in [2.05, 4.69) is 0 Å². The molecule has 5 atom stereocenters. The van der Waals surface area contributed by atoms with Crippen molar-refractivity contribution in [2.45, 2.75) is 25.0 Å². The Hall–Kier alpha value is -2.97. The molecule has 8 heteroatoms. The van der Waals surface area contributed by atoms with E-state index in [0.717, 1.165) is 0 Å². The number of rotatable bonds is 1. The van der Waals surface area contributed by atoms with Gasteiger partial charge in [-0.15, -0.1) is 0 Å². The zero-order valence-corrected chi connectivity index (χ0v) is 14.9. The minimum Gasteiger partial charge on any atom is -0.508 e. The lowest BCUT2D eigenvalue weighted by atomic mass is 9.55. The first kappa shape index (κ1) is 18.4. The topological polar surface area (TPSA) is 158 Å². The summed E-state index contributed by atoms with van der Waals surface area (Å²) in [6.45, 7) is 1.36. The van der Waals surface area contributed by atoms with Crippen molar-refractivity contribution in [2.24, 2.45) is 23.5 Å². The highest BCUT2D eigenvalue weighted by molar-refractivity contribution is 6.23. The Labute approximate surface area is 159 Å². The molecule has 1 aromatic rings. The zero-order chi connectivity index (χ0) is 20.5. The molecule has 3 aliphatic carbocycles. The molecule has 0 aromatic heterocycles. The van der Waals surface area contributed by atoms with E-state index in [0.29, 0.717) is 11.1 Å². The number of hydrogen-bond acceptors (Lipinski definition) is 7. The fourth-order valence-corrected chi connectivity index (χ4v) is 4.87. The molecule has 0 bridgehead atoms. The molecule has 1 amide bonds. The number of carbonyl (C=O) groups excluding carboxylic acids is 3. The Morgan fingerprint density at radius 2 is 1.86 bits per heavy atom. The Morgan fingerprint density at radius 3 is 2.50 bits per heavy atom. The van der Waals surface area contributed by atoms with Crippen molar-refractivity contribution < 1.29 is 34.8 Å². The number of fused-ring (bicyclic) bond motifs is 3. The number of carbonyl (C=O) groups is 3. The molecule has 1 fully saturated rings. The Balaban J connectivity index is 2.00. The molecule has 146 valence electrons. The van der Waals surface area contributed by atoms with Gasteiger partial charge < -0.3 is 26.2 Å². The third kappa shape index (κ3) is 2.04. The molecule has 3 aliphatic rings. The van der Waals surface area contributed by atoms with Gasteiger partial charge in [-0.3, -0.25) is 14.4 Å². The summed E-state index contributed by atoms with van der Waals surface area (Å²) in [6.07, 6.45) is -1.22. The number of ketones is 2. The van der Waals surface area contributed by atoms with Crippen LogP contribution >= 0.6 is 0 Å². The van der Waals surface area contributed by atoms with Crippen molar-refractivity contribution in [3.63, 3.8) is 0 Å². The van der Waals surface area contributed by atoms with Crippen LogP contribution in [0.1, 0.15) is 18.1 Å².